The largest absolute Gasteiger partial charge is 0.364 e. The molecule has 0 aromatic heterocycles. The Morgan fingerprint density at radius 2 is 2.10 bits per heavy atom. The standard InChI is InChI=1S/C16H19NO3/c1-11-10-13(20-16(11)19)8-9-14(15(18)17-2)12-6-4-3-5-7-12/h3-7,9-10,13,16,19H,8H2,1-2H3,(H,17,18)/b14-9+. The van der Waals surface area contributed by atoms with Gasteiger partial charge in [-0.15, -0.1) is 0 Å². The van der Waals surface area contributed by atoms with Gasteiger partial charge in [0, 0.05) is 12.6 Å². The summed E-state index contributed by atoms with van der Waals surface area (Å²) < 4.78 is 5.36. The molecule has 2 atom stereocenters. The van der Waals surface area contributed by atoms with E-state index in [1.807, 2.05) is 49.4 Å². The molecule has 1 aliphatic heterocycles. The molecular weight excluding hydrogens is 254 g/mol. The van der Waals surface area contributed by atoms with Gasteiger partial charge < -0.3 is 15.2 Å². The number of nitrogens with one attached hydrogen (secondary N) is 1. The number of carbonyl (C=O) groups excluding carboxylic acids is 1. The van der Waals surface area contributed by atoms with Crippen molar-refractivity contribution in [3.8, 4) is 0 Å². The number of benzene rings is 1. The molecule has 4 heteroatoms. The van der Waals surface area contributed by atoms with Crippen LogP contribution in [0.1, 0.15) is 18.9 Å². The van der Waals surface area contributed by atoms with Crippen molar-refractivity contribution in [1.29, 1.82) is 0 Å². The fourth-order valence-corrected chi connectivity index (χ4v) is 2.14. The maximum atomic E-state index is 12.0. The Kier molecular flexibility index (Phi) is 4.71. The average Bonchev–Trinajstić information content (AvgIpc) is 2.78. The Morgan fingerprint density at radius 1 is 1.40 bits per heavy atom. The molecule has 0 fully saturated rings. The van der Waals surface area contributed by atoms with E-state index in [0.29, 0.717) is 12.0 Å². The molecule has 1 aromatic rings. The third-order valence-corrected chi connectivity index (χ3v) is 3.25. The first-order valence-corrected chi connectivity index (χ1v) is 6.61. The predicted molar refractivity (Wildman–Crippen MR) is 77.7 cm³/mol. The van der Waals surface area contributed by atoms with Gasteiger partial charge in [-0.2, -0.15) is 0 Å². The first kappa shape index (κ1) is 14.5. The summed E-state index contributed by atoms with van der Waals surface area (Å²) in [5.41, 5.74) is 2.29. The summed E-state index contributed by atoms with van der Waals surface area (Å²) in [5, 5.41) is 12.2. The molecule has 4 nitrogen and oxygen atoms in total. The van der Waals surface area contributed by atoms with Crippen LogP contribution in [0.2, 0.25) is 0 Å². The first-order valence-electron chi connectivity index (χ1n) is 6.61. The Balaban J connectivity index is 2.16. The second kappa shape index (κ2) is 6.50. The van der Waals surface area contributed by atoms with E-state index < -0.39 is 6.29 Å². The predicted octanol–water partition coefficient (Wildman–Crippen LogP) is 1.87. The van der Waals surface area contributed by atoms with Crippen molar-refractivity contribution in [2.24, 2.45) is 0 Å². The highest BCUT2D eigenvalue weighted by atomic mass is 16.6. The smallest absolute Gasteiger partial charge is 0.251 e. The minimum atomic E-state index is -0.825. The van der Waals surface area contributed by atoms with Crippen molar-refractivity contribution >= 4 is 11.5 Å². The molecule has 1 aromatic carbocycles. The van der Waals surface area contributed by atoms with Gasteiger partial charge >= 0.3 is 0 Å². The molecule has 2 N–H and O–H groups in total. The van der Waals surface area contributed by atoms with Crippen LogP contribution in [0.25, 0.3) is 5.57 Å². The van der Waals surface area contributed by atoms with Gasteiger partial charge in [-0.3, -0.25) is 4.79 Å². The Morgan fingerprint density at radius 3 is 2.65 bits per heavy atom. The van der Waals surface area contributed by atoms with Gasteiger partial charge in [0.2, 0.25) is 0 Å². The molecule has 0 spiro atoms. The van der Waals surface area contributed by atoms with Crippen LogP contribution < -0.4 is 5.32 Å². The summed E-state index contributed by atoms with van der Waals surface area (Å²) in [7, 11) is 1.61. The van der Waals surface area contributed by atoms with Crippen LogP contribution in [0.3, 0.4) is 0 Å². The van der Waals surface area contributed by atoms with Gasteiger partial charge in [-0.1, -0.05) is 42.5 Å². The van der Waals surface area contributed by atoms with Gasteiger partial charge in [-0.05, 0) is 24.5 Å². The number of hydrogen-bond acceptors (Lipinski definition) is 3. The lowest BCUT2D eigenvalue weighted by molar-refractivity contribution is -0.115. The van der Waals surface area contributed by atoms with Crippen LogP contribution in [0, 0.1) is 0 Å². The van der Waals surface area contributed by atoms with E-state index in [2.05, 4.69) is 5.32 Å². The lowest BCUT2D eigenvalue weighted by Gasteiger charge is -2.10. The summed E-state index contributed by atoms with van der Waals surface area (Å²) >= 11 is 0. The maximum absolute atomic E-state index is 12.0. The van der Waals surface area contributed by atoms with E-state index in [1.54, 1.807) is 7.05 Å². The van der Waals surface area contributed by atoms with Crippen molar-refractivity contribution in [1.82, 2.24) is 5.32 Å². The number of likely N-dealkylation sites (N-methyl/N-ethyl adjacent to an activating group) is 1. The Bertz CT molecular complexity index is 534. The summed E-state index contributed by atoms with van der Waals surface area (Å²) in [6, 6.07) is 9.49. The number of aliphatic hydroxyl groups is 1. The number of rotatable bonds is 4. The third-order valence-electron chi connectivity index (χ3n) is 3.25. The lowest BCUT2D eigenvalue weighted by Crippen LogP contribution is -2.20. The highest BCUT2D eigenvalue weighted by molar-refractivity contribution is 6.19. The zero-order valence-corrected chi connectivity index (χ0v) is 11.7. The zero-order valence-electron chi connectivity index (χ0n) is 11.7. The molecule has 106 valence electrons. The molecule has 0 saturated heterocycles. The third kappa shape index (κ3) is 3.35. The van der Waals surface area contributed by atoms with Gasteiger partial charge in [0.15, 0.2) is 6.29 Å². The molecule has 1 amide bonds. The van der Waals surface area contributed by atoms with Crippen molar-refractivity contribution in [3.63, 3.8) is 0 Å². The molecule has 0 aliphatic carbocycles. The highest BCUT2D eigenvalue weighted by Gasteiger charge is 2.21. The second-order valence-electron chi connectivity index (χ2n) is 4.74. The Hall–Kier alpha value is -1.91. The minimum absolute atomic E-state index is 0.129. The van der Waals surface area contributed by atoms with Crippen molar-refractivity contribution in [2.75, 3.05) is 7.05 Å². The van der Waals surface area contributed by atoms with E-state index >= 15 is 0 Å². The maximum Gasteiger partial charge on any atom is 0.251 e. The van der Waals surface area contributed by atoms with Crippen LogP contribution in [0.4, 0.5) is 0 Å². The summed E-state index contributed by atoms with van der Waals surface area (Å²) in [5.74, 6) is -0.129. The summed E-state index contributed by atoms with van der Waals surface area (Å²) in [6.07, 6.45) is 3.27. The molecule has 20 heavy (non-hydrogen) atoms. The van der Waals surface area contributed by atoms with E-state index in [0.717, 1.165) is 11.1 Å². The number of hydrogen-bond donors (Lipinski definition) is 2. The van der Waals surface area contributed by atoms with Crippen molar-refractivity contribution in [2.45, 2.75) is 25.7 Å². The number of amides is 1. The lowest BCUT2D eigenvalue weighted by atomic mass is 10.0. The first-order chi connectivity index (χ1) is 9.61. The topological polar surface area (TPSA) is 58.6 Å². The van der Waals surface area contributed by atoms with Crippen LogP contribution in [0.15, 0.2) is 48.1 Å². The van der Waals surface area contributed by atoms with E-state index in [4.69, 9.17) is 4.74 Å². The molecule has 2 unspecified atom stereocenters. The van der Waals surface area contributed by atoms with Gasteiger partial charge in [-0.25, -0.2) is 0 Å². The van der Waals surface area contributed by atoms with E-state index in [1.165, 1.54) is 0 Å². The van der Waals surface area contributed by atoms with Crippen LogP contribution in [-0.4, -0.2) is 30.5 Å². The Labute approximate surface area is 118 Å². The van der Waals surface area contributed by atoms with Crippen LogP contribution in [0.5, 0.6) is 0 Å². The molecular formula is C16H19NO3. The van der Waals surface area contributed by atoms with Crippen molar-refractivity contribution < 1.29 is 14.6 Å². The summed E-state index contributed by atoms with van der Waals surface area (Å²) in [4.78, 5) is 12.0. The number of aliphatic hydroxyl groups excluding tert-OH is 1. The SMILES string of the molecule is CNC(=O)/C(=C/CC1C=C(C)C(O)O1)c1ccccc1. The fourth-order valence-electron chi connectivity index (χ4n) is 2.14. The van der Waals surface area contributed by atoms with Crippen LogP contribution >= 0.6 is 0 Å². The zero-order chi connectivity index (χ0) is 14.5. The van der Waals surface area contributed by atoms with E-state index in [9.17, 15) is 9.90 Å². The average molecular weight is 273 g/mol. The van der Waals surface area contributed by atoms with E-state index in [-0.39, 0.29) is 12.0 Å². The number of carbonyl (C=O) groups is 1. The molecule has 1 aliphatic rings. The molecule has 0 radical (unpaired) electrons. The number of ether oxygens (including phenoxy) is 1. The molecule has 0 bridgehead atoms. The van der Waals surface area contributed by atoms with Gasteiger partial charge in [0.1, 0.15) is 0 Å². The highest BCUT2D eigenvalue weighted by Crippen LogP contribution is 2.22. The van der Waals surface area contributed by atoms with Gasteiger partial charge in [0.05, 0.1) is 6.10 Å². The molecule has 2 rings (SSSR count). The monoisotopic (exact) mass is 273 g/mol. The molecule has 0 saturated carbocycles. The quantitative estimate of drug-likeness (QED) is 0.650. The molecule has 1 heterocycles. The van der Waals surface area contributed by atoms with Crippen LogP contribution in [-0.2, 0) is 9.53 Å². The fraction of sp³-hybridized carbons (Fsp3) is 0.312. The summed E-state index contributed by atoms with van der Waals surface area (Å²) in [6.45, 7) is 1.82. The normalized spacial score (nSPS) is 22.6. The minimum Gasteiger partial charge on any atom is -0.364 e. The van der Waals surface area contributed by atoms with Crippen molar-refractivity contribution in [3.05, 3.63) is 53.6 Å². The second-order valence-corrected chi connectivity index (χ2v) is 4.74. The van der Waals surface area contributed by atoms with Gasteiger partial charge in [0.25, 0.3) is 5.91 Å².